The van der Waals surface area contributed by atoms with Gasteiger partial charge in [-0.05, 0) is 20.3 Å². The summed E-state index contributed by atoms with van der Waals surface area (Å²) in [5.41, 5.74) is 0. The molecule has 3 heteroatoms. The van der Waals surface area contributed by atoms with Gasteiger partial charge in [0, 0.05) is 25.6 Å². The van der Waals surface area contributed by atoms with E-state index in [9.17, 15) is 4.79 Å². The summed E-state index contributed by atoms with van der Waals surface area (Å²) >= 11 is 0. The third-order valence-corrected chi connectivity index (χ3v) is 2.48. The van der Waals surface area contributed by atoms with Crippen molar-refractivity contribution in [1.29, 1.82) is 0 Å². The molecule has 1 aliphatic heterocycles. The highest BCUT2D eigenvalue weighted by molar-refractivity contribution is 5.76. The Morgan fingerprint density at radius 3 is 2.62 bits per heavy atom. The van der Waals surface area contributed by atoms with Crippen LogP contribution in [0.2, 0.25) is 0 Å². The Morgan fingerprint density at radius 2 is 2.15 bits per heavy atom. The van der Waals surface area contributed by atoms with E-state index in [2.05, 4.69) is 24.1 Å². The lowest BCUT2D eigenvalue weighted by molar-refractivity contribution is -0.123. The Hall–Kier alpha value is -0.570. The zero-order chi connectivity index (χ0) is 9.84. The molecule has 0 bridgehead atoms. The Morgan fingerprint density at radius 1 is 1.54 bits per heavy atom. The van der Waals surface area contributed by atoms with Crippen LogP contribution < -0.4 is 5.32 Å². The maximum absolute atomic E-state index is 11.2. The Bertz CT molecular complexity index is 174. The fourth-order valence-electron chi connectivity index (χ4n) is 1.55. The predicted molar refractivity (Wildman–Crippen MR) is 53.5 cm³/mol. The van der Waals surface area contributed by atoms with Crippen molar-refractivity contribution in [1.82, 2.24) is 10.2 Å². The van der Waals surface area contributed by atoms with E-state index in [4.69, 9.17) is 0 Å². The molecular formula is C10H20N2O. The van der Waals surface area contributed by atoms with Crippen molar-refractivity contribution in [2.75, 3.05) is 13.1 Å². The molecule has 3 nitrogen and oxygen atoms in total. The first kappa shape index (κ1) is 10.5. The van der Waals surface area contributed by atoms with Gasteiger partial charge in [0.15, 0.2) is 0 Å². The second kappa shape index (κ2) is 4.61. The van der Waals surface area contributed by atoms with Gasteiger partial charge < -0.3 is 5.32 Å². The van der Waals surface area contributed by atoms with Crippen LogP contribution in [0, 0.1) is 0 Å². The van der Waals surface area contributed by atoms with Crippen LogP contribution in [-0.2, 0) is 4.79 Å². The number of carbonyl (C=O) groups is 1. The summed E-state index contributed by atoms with van der Waals surface area (Å²) in [6, 6.07) is 1.01. The fourth-order valence-corrected chi connectivity index (χ4v) is 1.55. The van der Waals surface area contributed by atoms with Crippen LogP contribution in [-0.4, -0.2) is 36.0 Å². The van der Waals surface area contributed by atoms with Gasteiger partial charge in [0.2, 0.25) is 5.91 Å². The summed E-state index contributed by atoms with van der Waals surface area (Å²) in [6.07, 6.45) is 1.60. The van der Waals surface area contributed by atoms with Crippen molar-refractivity contribution < 1.29 is 4.79 Å². The zero-order valence-corrected chi connectivity index (χ0v) is 8.84. The molecule has 1 fully saturated rings. The number of nitrogens with one attached hydrogen (secondary N) is 1. The van der Waals surface area contributed by atoms with Gasteiger partial charge in [-0.2, -0.15) is 0 Å². The summed E-state index contributed by atoms with van der Waals surface area (Å²) in [4.78, 5) is 13.6. The average molecular weight is 184 g/mol. The molecule has 1 N–H and O–H groups in total. The Kier molecular flexibility index (Phi) is 3.72. The molecule has 0 aliphatic carbocycles. The molecule has 1 aliphatic rings. The quantitative estimate of drug-likeness (QED) is 0.707. The van der Waals surface area contributed by atoms with E-state index in [1.807, 2.05) is 6.92 Å². The largest absolute Gasteiger partial charge is 0.351 e. The molecule has 76 valence electrons. The zero-order valence-electron chi connectivity index (χ0n) is 8.84. The van der Waals surface area contributed by atoms with Gasteiger partial charge in [-0.15, -0.1) is 0 Å². The van der Waals surface area contributed by atoms with E-state index in [0.717, 1.165) is 19.5 Å². The predicted octanol–water partition coefficient (Wildman–Crippen LogP) is 0.995. The minimum atomic E-state index is 0.205. The highest BCUT2D eigenvalue weighted by Crippen LogP contribution is 2.11. The van der Waals surface area contributed by atoms with E-state index in [0.29, 0.717) is 18.5 Å². The van der Waals surface area contributed by atoms with Crippen molar-refractivity contribution in [2.45, 2.75) is 45.7 Å². The first-order chi connectivity index (χ1) is 6.13. The molecule has 0 spiro atoms. The van der Waals surface area contributed by atoms with Crippen molar-refractivity contribution in [3.05, 3.63) is 0 Å². The number of nitrogens with zero attached hydrogens (tertiary/aromatic N) is 1. The number of hydrogen-bond acceptors (Lipinski definition) is 2. The van der Waals surface area contributed by atoms with Gasteiger partial charge in [0.25, 0.3) is 0 Å². The summed E-state index contributed by atoms with van der Waals surface area (Å²) < 4.78 is 0. The number of amides is 1. The molecular weight excluding hydrogens is 164 g/mol. The SMILES string of the molecule is CCCC(=O)NC1CN(C(C)C)C1. The van der Waals surface area contributed by atoms with Gasteiger partial charge in [-0.3, -0.25) is 9.69 Å². The van der Waals surface area contributed by atoms with Crippen LogP contribution in [0.5, 0.6) is 0 Å². The second-order valence-corrected chi connectivity index (χ2v) is 4.06. The molecule has 1 heterocycles. The van der Waals surface area contributed by atoms with Gasteiger partial charge in [0.05, 0.1) is 6.04 Å². The fraction of sp³-hybridized carbons (Fsp3) is 0.900. The van der Waals surface area contributed by atoms with Crippen LogP contribution >= 0.6 is 0 Å². The standard InChI is InChI=1S/C10H20N2O/c1-4-5-10(13)11-9-6-12(7-9)8(2)3/h8-9H,4-7H2,1-3H3,(H,11,13). The molecule has 0 aromatic carbocycles. The van der Waals surface area contributed by atoms with Crippen LogP contribution in [0.4, 0.5) is 0 Å². The lowest BCUT2D eigenvalue weighted by Crippen LogP contribution is -2.61. The smallest absolute Gasteiger partial charge is 0.220 e. The van der Waals surface area contributed by atoms with Gasteiger partial charge >= 0.3 is 0 Å². The third kappa shape index (κ3) is 2.99. The molecule has 0 aromatic heterocycles. The van der Waals surface area contributed by atoms with Crippen LogP contribution in [0.25, 0.3) is 0 Å². The monoisotopic (exact) mass is 184 g/mol. The normalized spacial score (nSPS) is 18.8. The highest BCUT2D eigenvalue weighted by Gasteiger charge is 2.28. The summed E-state index contributed by atoms with van der Waals surface area (Å²) in [5, 5.41) is 3.02. The van der Waals surface area contributed by atoms with Crippen molar-refractivity contribution in [2.24, 2.45) is 0 Å². The molecule has 1 saturated heterocycles. The van der Waals surface area contributed by atoms with Crippen molar-refractivity contribution in [3.63, 3.8) is 0 Å². The summed E-state index contributed by atoms with van der Waals surface area (Å²) in [6.45, 7) is 8.44. The van der Waals surface area contributed by atoms with Crippen LogP contribution in [0.15, 0.2) is 0 Å². The summed E-state index contributed by atoms with van der Waals surface area (Å²) in [7, 11) is 0. The topological polar surface area (TPSA) is 32.3 Å². The van der Waals surface area contributed by atoms with Crippen molar-refractivity contribution in [3.8, 4) is 0 Å². The molecule has 0 unspecified atom stereocenters. The lowest BCUT2D eigenvalue weighted by Gasteiger charge is -2.42. The maximum atomic E-state index is 11.2. The van der Waals surface area contributed by atoms with E-state index >= 15 is 0 Å². The number of rotatable bonds is 4. The maximum Gasteiger partial charge on any atom is 0.220 e. The first-order valence-electron chi connectivity index (χ1n) is 5.17. The summed E-state index contributed by atoms with van der Waals surface area (Å²) in [5.74, 6) is 0.205. The third-order valence-electron chi connectivity index (χ3n) is 2.48. The molecule has 0 atom stereocenters. The van der Waals surface area contributed by atoms with Crippen LogP contribution in [0.3, 0.4) is 0 Å². The Balaban J connectivity index is 2.11. The van der Waals surface area contributed by atoms with E-state index in [-0.39, 0.29) is 5.91 Å². The molecule has 13 heavy (non-hydrogen) atoms. The molecule has 1 rings (SSSR count). The lowest BCUT2D eigenvalue weighted by atomic mass is 10.1. The highest BCUT2D eigenvalue weighted by atomic mass is 16.1. The Labute approximate surface area is 80.5 Å². The van der Waals surface area contributed by atoms with E-state index < -0.39 is 0 Å². The van der Waals surface area contributed by atoms with Gasteiger partial charge in [-0.25, -0.2) is 0 Å². The average Bonchev–Trinajstić information content (AvgIpc) is 1.95. The number of carbonyl (C=O) groups excluding carboxylic acids is 1. The molecule has 0 aromatic rings. The molecule has 0 radical (unpaired) electrons. The van der Waals surface area contributed by atoms with E-state index in [1.165, 1.54) is 0 Å². The number of hydrogen-bond donors (Lipinski definition) is 1. The van der Waals surface area contributed by atoms with E-state index in [1.54, 1.807) is 0 Å². The molecule has 0 saturated carbocycles. The minimum Gasteiger partial charge on any atom is -0.351 e. The minimum absolute atomic E-state index is 0.205. The second-order valence-electron chi connectivity index (χ2n) is 4.06. The van der Waals surface area contributed by atoms with Crippen LogP contribution in [0.1, 0.15) is 33.6 Å². The van der Waals surface area contributed by atoms with Gasteiger partial charge in [-0.1, -0.05) is 6.92 Å². The van der Waals surface area contributed by atoms with Gasteiger partial charge in [0.1, 0.15) is 0 Å². The number of likely N-dealkylation sites (tertiary alicyclic amines) is 1. The van der Waals surface area contributed by atoms with Crippen molar-refractivity contribution >= 4 is 5.91 Å². The molecule has 1 amide bonds. The first-order valence-corrected chi connectivity index (χ1v) is 5.17.